The molecule has 0 saturated carbocycles. The summed E-state index contributed by atoms with van der Waals surface area (Å²) in [4.78, 5) is 24.2. The number of fused-ring (bicyclic) bond motifs is 4. The Morgan fingerprint density at radius 1 is 0.333 bits per heavy atom. The maximum atomic E-state index is 10.9. The van der Waals surface area contributed by atoms with Gasteiger partial charge in [-0.2, -0.15) is 0 Å². The van der Waals surface area contributed by atoms with E-state index in [-0.39, 0.29) is 11.5 Å². The van der Waals surface area contributed by atoms with Gasteiger partial charge in [0.15, 0.2) is 17.5 Å². The molecule has 7 aromatic carbocycles. The Hall–Kier alpha value is -7.51. The second-order valence-electron chi connectivity index (χ2n) is 13.2. The van der Waals surface area contributed by atoms with Gasteiger partial charge < -0.3 is 10.2 Å². The molecule has 2 N–H and O–H groups in total. The van der Waals surface area contributed by atoms with Gasteiger partial charge in [-0.15, -0.1) is 0 Å². The molecule has 7 nitrogen and oxygen atoms in total. The van der Waals surface area contributed by atoms with E-state index < -0.39 is 0 Å². The fourth-order valence-corrected chi connectivity index (χ4v) is 7.59. The van der Waals surface area contributed by atoms with Crippen LogP contribution in [0.1, 0.15) is 0 Å². The average Bonchev–Trinajstić information content (AvgIpc) is 3.24. The van der Waals surface area contributed by atoms with Gasteiger partial charge in [-0.3, -0.25) is 9.97 Å². The molecular formula is C47H29N5O2. The van der Waals surface area contributed by atoms with Crippen LogP contribution in [-0.4, -0.2) is 35.1 Å². The normalized spacial score (nSPS) is 11.5. The summed E-state index contributed by atoms with van der Waals surface area (Å²) < 4.78 is 0. The third kappa shape index (κ3) is 5.10. The van der Waals surface area contributed by atoms with Crippen LogP contribution < -0.4 is 0 Å². The summed E-state index contributed by atoms with van der Waals surface area (Å²) in [5.74, 6) is 1.95. The van der Waals surface area contributed by atoms with Crippen molar-refractivity contribution in [1.29, 1.82) is 0 Å². The molecule has 0 aliphatic heterocycles. The molecule has 0 fully saturated rings. The first kappa shape index (κ1) is 31.2. The average molecular weight is 696 g/mol. The zero-order valence-corrected chi connectivity index (χ0v) is 28.7. The Labute approximate surface area is 309 Å². The lowest BCUT2D eigenvalue weighted by atomic mass is 9.83. The Morgan fingerprint density at radius 3 is 1.28 bits per heavy atom. The monoisotopic (exact) mass is 695 g/mol. The molecule has 3 aromatic heterocycles. The number of aromatic hydroxyl groups is 2. The Morgan fingerprint density at radius 2 is 0.759 bits per heavy atom. The molecule has 3 heterocycles. The minimum absolute atomic E-state index is 0.121. The fraction of sp³-hybridized carbons (Fsp3) is 0. The minimum Gasteiger partial charge on any atom is -0.506 e. The second kappa shape index (κ2) is 12.6. The lowest BCUT2D eigenvalue weighted by Crippen LogP contribution is -2.00. The van der Waals surface area contributed by atoms with Crippen molar-refractivity contribution in [2.24, 2.45) is 0 Å². The van der Waals surface area contributed by atoms with Gasteiger partial charge in [-0.1, -0.05) is 109 Å². The second-order valence-corrected chi connectivity index (χ2v) is 13.2. The number of phenols is 2. The van der Waals surface area contributed by atoms with Crippen molar-refractivity contribution in [3.05, 3.63) is 164 Å². The Bertz CT molecular complexity index is 3020. The van der Waals surface area contributed by atoms with E-state index in [1.54, 1.807) is 24.5 Å². The summed E-state index contributed by atoms with van der Waals surface area (Å²) >= 11 is 0. The van der Waals surface area contributed by atoms with E-state index in [2.05, 4.69) is 40.3 Å². The molecule has 0 amide bonds. The highest BCUT2D eigenvalue weighted by Crippen LogP contribution is 2.48. The predicted octanol–water partition coefficient (Wildman–Crippen LogP) is 11.0. The largest absolute Gasteiger partial charge is 0.506 e. The van der Waals surface area contributed by atoms with Gasteiger partial charge in [0.05, 0.1) is 0 Å². The highest BCUT2D eigenvalue weighted by atomic mass is 16.3. The molecule has 10 rings (SSSR count). The number of rotatable bonds is 5. The third-order valence-corrected chi connectivity index (χ3v) is 10.0. The van der Waals surface area contributed by atoms with Gasteiger partial charge in [-0.25, -0.2) is 15.0 Å². The van der Waals surface area contributed by atoms with Crippen LogP contribution in [0.5, 0.6) is 11.5 Å². The van der Waals surface area contributed by atoms with E-state index in [0.717, 1.165) is 71.3 Å². The number of hydrogen-bond donors (Lipinski definition) is 2. The van der Waals surface area contributed by atoms with Gasteiger partial charge in [0.1, 0.15) is 22.5 Å². The first-order valence-electron chi connectivity index (χ1n) is 17.6. The summed E-state index contributed by atoms with van der Waals surface area (Å²) in [5, 5.41) is 27.4. The number of phenolic OH excluding ortho intramolecular Hbond substituents is 2. The molecule has 0 unspecified atom stereocenters. The van der Waals surface area contributed by atoms with Crippen molar-refractivity contribution < 1.29 is 10.2 Å². The molecule has 0 aliphatic carbocycles. The lowest BCUT2D eigenvalue weighted by molar-refractivity contribution is 0.480. The fourth-order valence-electron chi connectivity index (χ4n) is 7.59. The zero-order chi connectivity index (χ0) is 36.2. The van der Waals surface area contributed by atoms with Crippen LogP contribution in [0.3, 0.4) is 0 Å². The van der Waals surface area contributed by atoms with Crippen LogP contribution in [-0.2, 0) is 0 Å². The first-order valence-corrected chi connectivity index (χ1v) is 17.6. The quantitative estimate of drug-likeness (QED) is 0.173. The van der Waals surface area contributed by atoms with Crippen LogP contribution in [0.15, 0.2) is 164 Å². The van der Waals surface area contributed by atoms with Crippen molar-refractivity contribution in [2.75, 3.05) is 0 Å². The van der Waals surface area contributed by atoms with Gasteiger partial charge in [0.25, 0.3) is 0 Å². The van der Waals surface area contributed by atoms with Crippen LogP contribution in [0.4, 0.5) is 0 Å². The first-order chi connectivity index (χ1) is 26.6. The molecule has 7 heteroatoms. The van der Waals surface area contributed by atoms with E-state index in [1.807, 2.05) is 109 Å². The molecule has 0 atom stereocenters. The van der Waals surface area contributed by atoms with Crippen LogP contribution in [0.25, 0.3) is 99.8 Å². The van der Waals surface area contributed by atoms with Crippen molar-refractivity contribution in [3.8, 4) is 67.9 Å². The standard InChI is InChI=1S/C47H29N5O2/c53-39-23-21-33(36-17-9-25-48-43(36)39)41-31-15-7-8-16-32(31)42(34-22-24-40(54)44-37(34)18-10-26-49-44)38-27-30(19-20-35(38)41)47-51-45(28-11-3-1-4-12-28)50-46(52-47)29-13-5-2-6-14-29/h1-27,53-54H. The molecule has 0 radical (unpaired) electrons. The van der Waals surface area contributed by atoms with Gasteiger partial charge >= 0.3 is 0 Å². The number of pyridine rings is 2. The number of hydrogen-bond acceptors (Lipinski definition) is 7. The Balaban J connectivity index is 1.34. The predicted molar refractivity (Wildman–Crippen MR) is 216 cm³/mol. The van der Waals surface area contributed by atoms with E-state index in [9.17, 15) is 10.2 Å². The number of aromatic nitrogens is 5. The van der Waals surface area contributed by atoms with Gasteiger partial charge in [-0.05, 0) is 86.3 Å². The topological polar surface area (TPSA) is 105 Å². The highest BCUT2D eigenvalue weighted by Gasteiger charge is 2.22. The molecule has 0 bridgehead atoms. The molecule has 54 heavy (non-hydrogen) atoms. The lowest BCUT2D eigenvalue weighted by Gasteiger charge is -2.20. The summed E-state index contributed by atoms with van der Waals surface area (Å²) in [6.07, 6.45) is 3.39. The van der Waals surface area contributed by atoms with Gasteiger partial charge in [0, 0.05) is 39.9 Å². The van der Waals surface area contributed by atoms with Crippen molar-refractivity contribution in [3.63, 3.8) is 0 Å². The van der Waals surface area contributed by atoms with Crippen LogP contribution in [0.2, 0.25) is 0 Å². The summed E-state index contributed by atoms with van der Waals surface area (Å²) in [7, 11) is 0. The maximum absolute atomic E-state index is 10.9. The Kier molecular flexibility index (Phi) is 7.30. The van der Waals surface area contributed by atoms with E-state index in [4.69, 9.17) is 15.0 Å². The summed E-state index contributed by atoms with van der Waals surface area (Å²) in [6.45, 7) is 0. The summed E-state index contributed by atoms with van der Waals surface area (Å²) in [5.41, 5.74) is 7.56. The maximum Gasteiger partial charge on any atom is 0.164 e. The van der Waals surface area contributed by atoms with E-state index >= 15 is 0 Å². The third-order valence-electron chi connectivity index (χ3n) is 10.0. The number of nitrogens with zero attached hydrogens (tertiary/aromatic N) is 5. The molecule has 0 spiro atoms. The smallest absolute Gasteiger partial charge is 0.164 e. The highest BCUT2D eigenvalue weighted by molar-refractivity contribution is 6.25. The van der Waals surface area contributed by atoms with Crippen molar-refractivity contribution in [1.82, 2.24) is 24.9 Å². The number of benzene rings is 7. The van der Waals surface area contributed by atoms with Crippen LogP contribution >= 0.6 is 0 Å². The van der Waals surface area contributed by atoms with Gasteiger partial charge in [0.2, 0.25) is 0 Å². The molecule has 0 saturated heterocycles. The SMILES string of the molecule is Oc1ccc(-c2c3ccccc3c(-c3ccc(O)c4ncccc34)c3cc(-c4nc(-c5ccccc5)nc(-c5ccccc5)n4)ccc23)c2cccnc12. The molecular weight excluding hydrogens is 667 g/mol. The molecule has 10 aromatic rings. The van der Waals surface area contributed by atoms with Crippen molar-refractivity contribution >= 4 is 43.4 Å². The summed E-state index contributed by atoms with van der Waals surface area (Å²) in [6, 6.07) is 49.8. The minimum atomic E-state index is 0.121. The van der Waals surface area contributed by atoms with Crippen LogP contribution in [0, 0.1) is 0 Å². The van der Waals surface area contributed by atoms with Crippen molar-refractivity contribution in [2.45, 2.75) is 0 Å². The zero-order valence-electron chi connectivity index (χ0n) is 28.7. The van der Waals surface area contributed by atoms with E-state index in [0.29, 0.717) is 28.5 Å². The molecule has 254 valence electrons. The molecule has 0 aliphatic rings. The van der Waals surface area contributed by atoms with E-state index in [1.165, 1.54) is 0 Å².